The van der Waals surface area contributed by atoms with E-state index >= 15 is 0 Å². The molecule has 1 N–H and O–H groups in total. The molecule has 0 spiro atoms. The van der Waals surface area contributed by atoms with Crippen molar-refractivity contribution in [2.75, 3.05) is 48.0 Å². The largest absolute Gasteiger partial charge is 0.507 e. The van der Waals surface area contributed by atoms with Gasteiger partial charge in [-0.05, 0) is 63.8 Å². The summed E-state index contributed by atoms with van der Waals surface area (Å²) >= 11 is 0. The molecule has 1 aliphatic rings. The zero-order valence-corrected chi connectivity index (χ0v) is 20.3. The first-order chi connectivity index (χ1) is 16.3. The minimum atomic E-state index is -0.766. The molecule has 0 bridgehead atoms. The summed E-state index contributed by atoms with van der Waals surface area (Å²) in [6, 6.07) is 11.3. The van der Waals surface area contributed by atoms with Gasteiger partial charge in [0.2, 0.25) is 0 Å². The van der Waals surface area contributed by atoms with Crippen molar-refractivity contribution >= 4 is 17.4 Å². The quantitative estimate of drug-likeness (QED) is 0.324. The van der Waals surface area contributed by atoms with Crippen LogP contribution in [0.5, 0.6) is 17.2 Å². The summed E-state index contributed by atoms with van der Waals surface area (Å²) < 4.78 is 16.3. The first kappa shape index (κ1) is 25.1. The Hall–Kier alpha value is -3.52. The second-order valence-electron chi connectivity index (χ2n) is 8.22. The van der Waals surface area contributed by atoms with Crippen molar-refractivity contribution in [2.24, 2.45) is 0 Å². The van der Waals surface area contributed by atoms with Crippen LogP contribution in [0.1, 0.15) is 30.5 Å². The highest BCUT2D eigenvalue weighted by Gasteiger charge is 2.46. The van der Waals surface area contributed by atoms with Gasteiger partial charge in [0.25, 0.3) is 11.7 Å². The topological polar surface area (TPSA) is 88.5 Å². The Morgan fingerprint density at radius 1 is 1.06 bits per heavy atom. The number of rotatable bonds is 10. The number of hydrogen-bond acceptors (Lipinski definition) is 7. The molecule has 1 atom stereocenters. The molecule has 8 nitrogen and oxygen atoms in total. The smallest absolute Gasteiger partial charge is 0.295 e. The maximum atomic E-state index is 13.2. The Morgan fingerprint density at radius 2 is 1.79 bits per heavy atom. The Bertz CT molecular complexity index is 1080. The minimum absolute atomic E-state index is 0.0377. The molecule has 8 heteroatoms. The number of amides is 1. The predicted octanol–water partition coefficient (Wildman–Crippen LogP) is 3.48. The number of hydrogen-bond donors (Lipinski definition) is 1. The lowest BCUT2D eigenvalue weighted by Gasteiger charge is -2.26. The highest BCUT2D eigenvalue weighted by Crippen LogP contribution is 2.42. The molecule has 1 amide bonds. The van der Waals surface area contributed by atoms with Crippen LogP contribution in [0.4, 0.5) is 0 Å². The van der Waals surface area contributed by atoms with Crippen molar-refractivity contribution in [3.63, 3.8) is 0 Å². The second-order valence-corrected chi connectivity index (χ2v) is 8.22. The molecule has 0 aliphatic carbocycles. The number of carbonyl (C=O) groups is 2. The molecule has 0 saturated carbocycles. The molecule has 1 heterocycles. The summed E-state index contributed by atoms with van der Waals surface area (Å²) in [7, 11) is 6.96. The molecular weight excluding hydrogens is 436 g/mol. The van der Waals surface area contributed by atoms with Gasteiger partial charge < -0.3 is 29.1 Å². The standard InChI is InChI=1S/C26H32N2O6/c1-6-34-19-10-7-9-18(15-19)24(29)22-23(17-11-12-20(32-4)21(16-17)33-5)28(26(31)25(22)30)14-8-13-27(2)3/h7,9-12,15-16,23,29H,6,8,13-14H2,1-5H3. The average Bonchev–Trinajstić information content (AvgIpc) is 3.08. The number of benzene rings is 2. The molecule has 0 radical (unpaired) electrons. The molecule has 0 aromatic heterocycles. The summed E-state index contributed by atoms with van der Waals surface area (Å²) in [5.74, 6) is -0.0355. The number of aliphatic hydroxyl groups excluding tert-OH is 1. The minimum Gasteiger partial charge on any atom is -0.507 e. The van der Waals surface area contributed by atoms with Gasteiger partial charge >= 0.3 is 0 Å². The third-order valence-corrected chi connectivity index (χ3v) is 5.69. The highest BCUT2D eigenvalue weighted by molar-refractivity contribution is 6.46. The molecule has 1 unspecified atom stereocenters. The van der Waals surface area contributed by atoms with E-state index in [1.807, 2.05) is 25.9 Å². The van der Waals surface area contributed by atoms with Crippen LogP contribution in [0.25, 0.3) is 5.76 Å². The third kappa shape index (κ3) is 5.17. The number of ether oxygens (including phenoxy) is 3. The summed E-state index contributed by atoms with van der Waals surface area (Å²) in [6.45, 7) is 3.44. The molecule has 3 rings (SSSR count). The summed E-state index contributed by atoms with van der Waals surface area (Å²) in [5, 5.41) is 11.3. The van der Waals surface area contributed by atoms with Crippen LogP contribution < -0.4 is 14.2 Å². The van der Waals surface area contributed by atoms with Crippen molar-refractivity contribution in [3.8, 4) is 17.2 Å². The predicted molar refractivity (Wildman–Crippen MR) is 129 cm³/mol. The van der Waals surface area contributed by atoms with Crippen LogP contribution in [0.2, 0.25) is 0 Å². The van der Waals surface area contributed by atoms with Gasteiger partial charge in [0.15, 0.2) is 11.5 Å². The van der Waals surface area contributed by atoms with Crippen molar-refractivity contribution < 1.29 is 28.9 Å². The van der Waals surface area contributed by atoms with E-state index in [1.54, 1.807) is 42.5 Å². The third-order valence-electron chi connectivity index (χ3n) is 5.69. The van der Waals surface area contributed by atoms with Gasteiger partial charge in [0, 0.05) is 12.1 Å². The fourth-order valence-electron chi connectivity index (χ4n) is 4.09. The van der Waals surface area contributed by atoms with Crippen molar-refractivity contribution in [2.45, 2.75) is 19.4 Å². The van der Waals surface area contributed by atoms with Gasteiger partial charge in [0.05, 0.1) is 32.4 Å². The number of aliphatic hydroxyl groups is 1. The number of carbonyl (C=O) groups excluding carboxylic acids is 2. The maximum absolute atomic E-state index is 13.2. The van der Waals surface area contributed by atoms with E-state index in [9.17, 15) is 14.7 Å². The average molecular weight is 469 g/mol. The SMILES string of the molecule is CCOc1cccc(C(O)=C2C(=O)C(=O)N(CCCN(C)C)C2c2ccc(OC)c(OC)c2)c1. The van der Waals surface area contributed by atoms with Gasteiger partial charge in [-0.15, -0.1) is 0 Å². The van der Waals surface area contributed by atoms with Crippen LogP contribution in [-0.2, 0) is 9.59 Å². The second kappa shape index (κ2) is 11.1. The molecule has 1 saturated heterocycles. The van der Waals surface area contributed by atoms with E-state index in [1.165, 1.54) is 19.1 Å². The molecule has 182 valence electrons. The molecule has 2 aromatic carbocycles. The lowest BCUT2D eigenvalue weighted by Crippen LogP contribution is -2.32. The summed E-state index contributed by atoms with van der Waals surface area (Å²) in [4.78, 5) is 29.8. The van der Waals surface area contributed by atoms with Crippen LogP contribution >= 0.6 is 0 Å². The van der Waals surface area contributed by atoms with Gasteiger partial charge in [0.1, 0.15) is 11.5 Å². The van der Waals surface area contributed by atoms with Crippen LogP contribution in [-0.4, -0.2) is 74.6 Å². The van der Waals surface area contributed by atoms with Gasteiger partial charge in [-0.3, -0.25) is 9.59 Å². The molecule has 1 aliphatic heterocycles. The summed E-state index contributed by atoms with van der Waals surface area (Å²) in [6.07, 6.45) is 0.670. The van der Waals surface area contributed by atoms with E-state index < -0.39 is 17.7 Å². The number of Topliss-reactive ketones (excluding diaryl/α,β-unsaturated/α-hetero) is 1. The maximum Gasteiger partial charge on any atom is 0.295 e. The zero-order valence-electron chi connectivity index (χ0n) is 20.3. The molecule has 34 heavy (non-hydrogen) atoms. The van der Waals surface area contributed by atoms with E-state index in [0.717, 1.165) is 6.54 Å². The van der Waals surface area contributed by atoms with Gasteiger partial charge in [-0.2, -0.15) is 0 Å². The number of nitrogens with zero attached hydrogens (tertiary/aromatic N) is 2. The van der Waals surface area contributed by atoms with Crippen molar-refractivity contribution in [3.05, 3.63) is 59.2 Å². The fourth-order valence-corrected chi connectivity index (χ4v) is 4.09. The van der Waals surface area contributed by atoms with E-state index in [2.05, 4.69) is 0 Å². The van der Waals surface area contributed by atoms with Crippen LogP contribution in [0.3, 0.4) is 0 Å². The van der Waals surface area contributed by atoms with E-state index in [4.69, 9.17) is 14.2 Å². The number of ketones is 1. The zero-order chi connectivity index (χ0) is 24.8. The molecule has 2 aromatic rings. The van der Waals surface area contributed by atoms with Crippen molar-refractivity contribution in [1.29, 1.82) is 0 Å². The molecular formula is C26H32N2O6. The van der Waals surface area contributed by atoms with E-state index in [-0.39, 0.29) is 11.3 Å². The Morgan fingerprint density at radius 3 is 2.44 bits per heavy atom. The van der Waals surface area contributed by atoms with E-state index in [0.29, 0.717) is 47.9 Å². The summed E-state index contributed by atoms with van der Waals surface area (Å²) in [5.41, 5.74) is 1.09. The van der Waals surface area contributed by atoms with Crippen LogP contribution in [0, 0.1) is 0 Å². The normalized spacial score (nSPS) is 17.4. The first-order valence-corrected chi connectivity index (χ1v) is 11.2. The Labute approximate surface area is 200 Å². The van der Waals surface area contributed by atoms with Gasteiger partial charge in [-0.25, -0.2) is 0 Å². The van der Waals surface area contributed by atoms with Crippen LogP contribution in [0.15, 0.2) is 48.0 Å². The fraction of sp³-hybridized carbons (Fsp3) is 0.385. The lowest BCUT2D eigenvalue weighted by molar-refractivity contribution is -0.139. The number of likely N-dealkylation sites (tertiary alicyclic amines) is 1. The Kier molecular flexibility index (Phi) is 8.17. The van der Waals surface area contributed by atoms with Gasteiger partial charge in [-0.1, -0.05) is 18.2 Å². The van der Waals surface area contributed by atoms with Crippen molar-refractivity contribution in [1.82, 2.24) is 9.80 Å². The molecule has 1 fully saturated rings. The Balaban J connectivity index is 2.14. The first-order valence-electron chi connectivity index (χ1n) is 11.2. The highest BCUT2D eigenvalue weighted by atomic mass is 16.5. The lowest BCUT2D eigenvalue weighted by atomic mass is 9.95. The monoisotopic (exact) mass is 468 g/mol. The number of methoxy groups -OCH3 is 2.